The third kappa shape index (κ3) is 2.86. The van der Waals surface area contributed by atoms with Crippen LogP contribution in [-0.4, -0.2) is 41.0 Å². The van der Waals surface area contributed by atoms with E-state index in [1.54, 1.807) is 19.1 Å². The van der Waals surface area contributed by atoms with Gasteiger partial charge in [0.05, 0.1) is 6.10 Å². The third-order valence-corrected chi connectivity index (χ3v) is 9.13. The topological polar surface area (TPSA) is 80.7 Å². The fraction of sp³-hybridized carbons (Fsp3) is 0.720. The molecule has 4 rings (SSSR count). The fourth-order valence-corrected chi connectivity index (χ4v) is 7.86. The van der Waals surface area contributed by atoms with Crippen LogP contribution >= 0.6 is 0 Å². The summed E-state index contributed by atoms with van der Waals surface area (Å²) in [6.45, 7) is 6.33. The number of aliphatic hydroxyl groups excluding tert-OH is 1. The maximum Gasteiger partial charge on any atom is 0.306 e. The van der Waals surface area contributed by atoms with E-state index in [1.165, 1.54) is 0 Å². The molecule has 5 nitrogen and oxygen atoms in total. The highest BCUT2D eigenvalue weighted by molar-refractivity contribution is 6.01. The van der Waals surface area contributed by atoms with Crippen molar-refractivity contribution in [1.82, 2.24) is 0 Å². The summed E-state index contributed by atoms with van der Waals surface area (Å²) < 4.78 is 19.7. The zero-order valence-electron chi connectivity index (χ0n) is 18.8. The summed E-state index contributed by atoms with van der Waals surface area (Å²) in [5.41, 5.74) is -1.76. The van der Waals surface area contributed by atoms with E-state index in [-0.39, 0.29) is 42.3 Å². The second-order valence-corrected chi connectivity index (χ2v) is 10.5. The molecule has 0 aromatic carbocycles. The van der Waals surface area contributed by atoms with Crippen LogP contribution in [0.25, 0.3) is 0 Å². The molecular weight excluding hydrogens is 399 g/mol. The molecule has 0 aliphatic heterocycles. The molecule has 0 radical (unpaired) electrons. The van der Waals surface area contributed by atoms with Gasteiger partial charge in [0.25, 0.3) is 0 Å². The molecule has 6 heteroatoms. The molecule has 4 aliphatic rings. The second-order valence-electron chi connectivity index (χ2n) is 10.5. The SMILES string of the molecule is CCC(=O)O[C@@]1(C(=O)CF)[C@H](C)C[C@H]2[C@@H]3CCC4=CC(=O)C=C[C@]4(C)[C@H]3[C@@H](O)C[C@@]21C. The van der Waals surface area contributed by atoms with Crippen LogP contribution in [0.4, 0.5) is 4.39 Å². The van der Waals surface area contributed by atoms with Crippen molar-refractivity contribution < 1.29 is 28.6 Å². The minimum atomic E-state index is -1.55. The number of allylic oxidation sites excluding steroid dienone is 4. The van der Waals surface area contributed by atoms with Crippen LogP contribution in [0.3, 0.4) is 0 Å². The van der Waals surface area contributed by atoms with E-state index in [9.17, 15) is 23.9 Å². The van der Waals surface area contributed by atoms with Gasteiger partial charge < -0.3 is 9.84 Å². The van der Waals surface area contributed by atoms with Gasteiger partial charge in [0.2, 0.25) is 5.78 Å². The van der Waals surface area contributed by atoms with Crippen molar-refractivity contribution in [3.8, 4) is 0 Å². The Morgan fingerprint density at radius 1 is 1.32 bits per heavy atom. The number of rotatable bonds is 4. The summed E-state index contributed by atoms with van der Waals surface area (Å²) in [4.78, 5) is 37.4. The molecule has 0 heterocycles. The van der Waals surface area contributed by atoms with Gasteiger partial charge in [-0.3, -0.25) is 14.4 Å². The van der Waals surface area contributed by atoms with Crippen molar-refractivity contribution >= 4 is 17.5 Å². The molecule has 3 saturated carbocycles. The number of carbonyl (C=O) groups is 3. The fourth-order valence-electron chi connectivity index (χ4n) is 7.86. The number of esters is 1. The highest BCUT2D eigenvalue weighted by Gasteiger charge is 2.72. The minimum Gasteiger partial charge on any atom is -0.450 e. The van der Waals surface area contributed by atoms with E-state index < -0.39 is 41.0 Å². The van der Waals surface area contributed by atoms with Gasteiger partial charge in [0.1, 0.15) is 0 Å². The van der Waals surface area contributed by atoms with Gasteiger partial charge >= 0.3 is 5.97 Å². The number of carbonyl (C=O) groups excluding carboxylic acids is 3. The highest BCUT2D eigenvalue weighted by Crippen LogP contribution is 2.69. The first kappa shape index (κ1) is 22.4. The number of fused-ring (bicyclic) bond motifs is 5. The lowest BCUT2D eigenvalue weighted by Crippen LogP contribution is -2.64. The Bertz CT molecular complexity index is 877. The Hall–Kier alpha value is -1.82. The Labute approximate surface area is 183 Å². The normalized spacial score (nSPS) is 45.9. The predicted molar refractivity (Wildman–Crippen MR) is 113 cm³/mol. The molecular formula is C25H33FO5. The van der Waals surface area contributed by atoms with Crippen LogP contribution in [0.1, 0.15) is 59.8 Å². The number of aliphatic hydroxyl groups is 1. The summed E-state index contributed by atoms with van der Waals surface area (Å²) in [6.07, 6.45) is 7.02. The molecule has 170 valence electrons. The van der Waals surface area contributed by atoms with E-state index in [0.29, 0.717) is 6.42 Å². The predicted octanol–water partition coefficient (Wildman–Crippen LogP) is 3.74. The minimum absolute atomic E-state index is 0.0143. The van der Waals surface area contributed by atoms with Crippen LogP contribution < -0.4 is 0 Å². The third-order valence-electron chi connectivity index (χ3n) is 9.13. The maximum absolute atomic E-state index is 13.8. The first-order valence-corrected chi connectivity index (χ1v) is 11.5. The lowest BCUT2D eigenvalue weighted by Gasteiger charge is -2.60. The van der Waals surface area contributed by atoms with Gasteiger partial charge in [-0.05, 0) is 49.7 Å². The van der Waals surface area contributed by atoms with Crippen molar-refractivity contribution in [2.45, 2.75) is 71.5 Å². The molecule has 1 N–H and O–H groups in total. The average molecular weight is 433 g/mol. The summed E-state index contributed by atoms with van der Waals surface area (Å²) in [5, 5.41) is 11.5. The lowest BCUT2D eigenvalue weighted by atomic mass is 9.46. The Balaban J connectivity index is 1.80. The summed E-state index contributed by atoms with van der Waals surface area (Å²) in [6, 6.07) is 0. The van der Waals surface area contributed by atoms with Crippen LogP contribution in [0.5, 0.6) is 0 Å². The van der Waals surface area contributed by atoms with Crippen molar-refractivity contribution in [2.75, 3.05) is 6.67 Å². The van der Waals surface area contributed by atoms with Gasteiger partial charge in [0.15, 0.2) is 18.1 Å². The first-order valence-electron chi connectivity index (χ1n) is 11.5. The standard InChI is InChI=1S/C25H33FO5/c1-5-21(30)31-25(20(29)13-26)14(2)10-18-17-7-6-15-11-16(27)8-9-23(15,3)22(17)19(28)12-24(18,25)4/h8-9,11,14,17-19,22,28H,5-7,10,12-13H2,1-4H3/t14-,17+,18+,19+,22-,23+,24+,25-/m1/s1. The van der Waals surface area contributed by atoms with Crippen LogP contribution in [0.2, 0.25) is 0 Å². The number of Topliss-reactive ketones (excluding diaryl/α,β-unsaturated/α-hetero) is 1. The molecule has 8 atom stereocenters. The molecule has 0 aromatic rings. The quantitative estimate of drug-likeness (QED) is 0.685. The molecule has 3 fully saturated rings. The number of hydrogen-bond donors (Lipinski definition) is 1. The van der Waals surface area contributed by atoms with Crippen molar-refractivity contribution in [2.24, 2.45) is 34.5 Å². The molecule has 0 saturated heterocycles. The van der Waals surface area contributed by atoms with Gasteiger partial charge in [-0.2, -0.15) is 0 Å². The Morgan fingerprint density at radius 2 is 2.03 bits per heavy atom. The van der Waals surface area contributed by atoms with Gasteiger partial charge in [-0.1, -0.05) is 39.3 Å². The number of hydrogen-bond acceptors (Lipinski definition) is 5. The largest absolute Gasteiger partial charge is 0.450 e. The molecule has 0 bridgehead atoms. The molecule has 4 aliphatic carbocycles. The molecule has 31 heavy (non-hydrogen) atoms. The molecule has 0 unspecified atom stereocenters. The molecule has 0 spiro atoms. The van der Waals surface area contributed by atoms with Crippen LogP contribution in [-0.2, 0) is 19.1 Å². The number of alkyl halides is 1. The van der Waals surface area contributed by atoms with Gasteiger partial charge in [0, 0.05) is 29.1 Å². The number of ketones is 2. The lowest BCUT2D eigenvalue weighted by molar-refractivity contribution is -0.204. The zero-order valence-corrected chi connectivity index (χ0v) is 18.8. The molecule has 0 amide bonds. The monoisotopic (exact) mass is 432 g/mol. The van der Waals surface area contributed by atoms with Gasteiger partial charge in [-0.15, -0.1) is 0 Å². The summed E-state index contributed by atoms with van der Waals surface area (Å²) >= 11 is 0. The van der Waals surface area contributed by atoms with Crippen LogP contribution in [0.15, 0.2) is 23.8 Å². The first-order chi connectivity index (χ1) is 14.5. The Kier molecular flexibility index (Phi) is 5.31. The zero-order chi connectivity index (χ0) is 22.8. The number of halogens is 1. The summed E-state index contributed by atoms with van der Waals surface area (Å²) in [5.74, 6) is -1.55. The highest BCUT2D eigenvalue weighted by atomic mass is 19.1. The maximum atomic E-state index is 13.8. The van der Waals surface area contributed by atoms with E-state index in [2.05, 4.69) is 6.92 Å². The molecule has 0 aromatic heterocycles. The van der Waals surface area contributed by atoms with Crippen molar-refractivity contribution in [1.29, 1.82) is 0 Å². The van der Waals surface area contributed by atoms with Gasteiger partial charge in [-0.25, -0.2) is 4.39 Å². The van der Waals surface area contributed by atoms with E-state index in [1.807, 2.05) is 19.9 Å². The smallest absolute Gasteiger partial charge is 0.306 e. The van der Waals surface area contributed by atoms with Crippen molar-refractivity contribution in [3.63, 3.8) is 0 Å². The van der Waals surface area contributed by atoms with Crippen molar-refractivity contribution in [3.05, 3.63) is 23.8 Å². The second kappa shape index (κ2) is 7.36. The van der Waals surface area contributed by atoms with Crippen LogP contribution in [0, 0.1) is 34.5 Å². The Morgan fingerprint density at radius 3 is 2.68 bits per heavy atom. The summed E-state index contributed by atoms with van der Waals surface area (Å²) in [7, 11) is 0. The van der Waals surface area contributed by atoms with E-state index >= 15 is 0 Å². The average Bonchev–Trinajstić information content (AvgIpc) is 2.94. The number of ether oxygens (including phenoxy) is 1. The van der Waals surface area contributed by atoms with E-state index in [4.69, 9.17) is 4.74 Å². The van der Waals surface area contributed by atoms with E-state index in [0.717, 1.165) is 18.4 Å².